The van der Waals surface area contributed by atoms with E-state index in [0.717, 1.165) is 33.6 Å². The Morgan fingerprint density at radius 3 is 2.18 bits per heavy atom. The van der Waals surface area contributed by atoms with Gasteiger partial charge in [-0.3, -0.25) is 0 Å². The summed E-state index contributed by atoms with van der Waals surface area (Å²) in [7, 11) is 0. The molecule has 0 fully saturated rings. The molecule has 0 unspecified atom stereocenters. The zero-order valence-corrected chi connectivity index (χ0v) is 19.2. The molecule has 0 aliphatic carbocycles. The highest BCUT2D eigenvalue weighted by Gasteiger charge is 2.13. The molecule has 6 heteroatoms. The Morgan fingerprint density at radius 1 is 0.794 bits per heavy atom. The van der Waals surface area contributed by atoms with Gasteiger partial charge in [-0.25, -0.2) is 5.10 Å². The molecule has 34 heavy (non-hydrogen) atoms. The molecule has 1 heterocycles. The van der Waals surface area contributed by atoms with Crippen molar-refractivity contribution in [3.8, 4) is 28.3 Å². The van der Waals surface area contributed by atoms with Crippen LogP contribution in [-0.2, 0) is 6.61 Å². The first-order valence-corrected chi connectivity index (χ1v) is 11.3. The predicted octanol–water partition coefficient (Wildman–Crippen LogP) is 6.74. The summed E-state index contributed by atoms with van der Waals surface area (Å²) in [5, 5.41) is 12.0. The molecule has 5 nitrogen and oxygen atoms in total. The van der Waals surface area contributed by atoms with E-state index in [4.69, 9.17) is 17.0 Å². The quantitative estimate of drug-likeness (QED) is 0.215. The van der Waals surface area contributed by atoms with Crippen LogP contribution < -0.4 is 4.74 Å². The van der Waals surface area contributed by atoms with Crippen LogP contribution in [0.3, 0.4) is 0 Å². The van der Waals surface area contributed by atoms with Gasteiger partial charge in [0.2, 0.25) is 4.77 Å². The van der Waals surface area contributed by atoms with Crippen molar-refractivity contribution in [2.45, 2.75) is 6.61 Å². The lowest BCUT2D eigenvalue weighted by atomic mass is 9.99. The van der Waals surface area contributed by atoms with Gasteiger partial charge in [-0.05, 0) is 58.7 Å². The van der Waals surface area contributed by atoms with Crippen LogP contribution in [0.25, 0.3) is 22.5 Å². The second-order valence-corrected chi connectivity index (χ2v) is 8.05. The molecule has 1 N–H and O–H groups in total. The van der Waals surface area contributed by atoms with E-state index in [-0.39, 0.29) is 0 Å². The fourth-order valence-corrected chi connectivity index (χ4v) is 3.82. The molecular formula is C28H22N4OS. The van der Waals surface area contributed by atoms with Crippen molar-refractivity contribution in [2.75, 3.05) is 0 Å². The van der Waals surface area contributed by atoms with Crippen molar-refractivity contribution in [3.63, 3.8) is 0 Å². The van der Waals surface area contributed by atoms with Crippen LogP contribution in [0.4, 0.5) is 0 Å². The van der Waals surface area contributed by atoms with Crippen molar-refractivity contribution in [1.29, 1.82) is 0 Å². The second-order valence-electron chi connectivity index (χ2n) is 7.66. The maximum atomic E-state index is 5.87. The van der Waals surface area contributed by atoms with Gasteiger partial charge in [0.05, 0.1) is 6.21 Å². The largest absolute Gasteiger partial charge is 0.489 e. The van der Waals surface area contributed by atoms with E-state index in [9.17, 15) is 0 Å². The number of benzene rings is 4. The molecule has 166 valence electrons. The number of rotatable bonds is 7. The molecule has 0 radical (unpaired) electrons. The standard InChI is InChI=1S/C28H22N4OS/c34-28-31-30-27(26-14-8-7-13-25(26)23-11-5-2-6-12-23)32(28)29-19-21-15-17-24(18-16-21)33-20-22-9-3-1-4-10-22/h1-19H,20H2,(H,31,34)/b29-19+. The van der Waals surface area contributed by atoms with Gasteiger partial charge in [0, 0.05) is 5.56 Å². The Balaban J connectivity index is 1.37. The summed E-state index contributed by atoms with van der Waals surface area (Å²) in [6.07, 6.45) is 1.76. The average Bonchev–Trinajstić information content (AvgIpc) is 3.28. The van der Waals surface area contributed by atoms with Gasteiger partial charge in [0.1, 0.15) is 12.4 Å². The highest BCUT2D eigenvalue weighted by Crippen LogP contribution is 2.30. The molecule has 4 aromatic carbocycles. The smallest absolute Gasteiger partial charge is 0.216 e. The van der Waals surface area contributed by atoms with Gasteiger partial charge < -0.3 is 4.74 Å². The van der Waals surface area contributed by atoms with Crippen LogP contribution in [0.1, 0.15) is 11.1 Å². The zero-order chi connectivity index (χ0) is 23.2. The van der Waals surface area contributed by atoms with Crippen molar-refractivity contribution in [2.24, 2.45) is 5.10 Å². The van der Waals surface area contributed by atoms with Crippen molar-refractivity contribution >= 4 is 18.4 Å². The molecular weight excluding hydrogens is 440 g/mol. The lowest BCUT2D eigenvalue weighted by molar-refractivity contribution is 0.306. The molecule has 0 amide bonds. The highest BCUT2D eigenvalue weighted by atomic mass is 32.1. The van der Waals surface area contributed by atoms with Crippen LogP contribution in [0.15, 0.2) is 114 Å². The van der Waals surface area contributed by atoms with Crippen LogP contribution in [0, 0.1) is 4.77 Å². The topological polar surface area (TPSA) is 55.2 Å². The van der Waals surface area contributed by atoms with Crippen molar-refractivity contribution < 1.29 is 4.74 Å². The molecule has 0 saturated heterocycles. The Hall–Kier alpha value is -4.29. The number of hydrogen-bond donors (Lipinski definition) is 1. The van der Waals surface area contributed by atoms with Crippen LogP contribution in [0.2, 0.25) is 0 Å². The number of hydrogen-bond acceptors (Lipinski definition) is 4. The number of aromatic nitrogens is 3. The summed E-state index contributed by atoms with van der Waals surface area (Å²) >= 11 is 5.46. The first kappa shape index (κ1) is 21.6. The third-order valence-corrected chi connectivity index (χ3v) is 5.62. The van der Waals surface area contributed by atoms with E-state index in [1.165, 1.54) is 0 Å². The molecule has 0 atom stereocenters. The van der Waals surface area contributed by atoms with E-state index in [1.54, 1.807) is 10.9 Å². The van der Waals surface area contributed by atoms with Crippen molar-refractivity contribution in [1.82, 2.24) is 14.9 Å². The molecule has 0 aliphatic rings. The lowest BCUT2D eigenvalue weighted by Crippen LogP contribution is -1.97. The summed E-state index contributed by atoms with van der Waals surface area (Å²) in [4.78, 5) is 0. The molecule has 0 saturated carbocycles. The van der Waals surface area contributed by atoms with E-state index in [1.807, 2.05) is 91.0 Å². The number of H-pyrrole nitrogens is 1. The minimum absolute atomic E-state index is 0.428. The summed E-state index contributed by atoms with van der Waals surface area (Å²) in [6.45, 7) is 0.530. The van der Waals surface area contributed by atoms with E-state index < -0.39 is 0 Å². The molecule has 0 aliphatic heterocycles. The Labute approximate surface area is 203 Å². The van der Waals surface area contributed by atoms with E-state index >= 15 is 0 Å². The summed E-state index contributed by atoms with van der Waals surface area (Å²) in [5.74, 6) is 1.46. The summed E-state index contributed by atoms with van der Waals surface area (Å²) in [6, 6.07) is 36.2. The number of nitrogens with zero attached hydrogens (tertiary/aromatic N) is 3. The number of ether oxygens (including phenoxy) is 1. The van der Waals surface area contributed by atoms with Crippen molar-refractivity contribution in [3.05, 3.63) is 125 Å². The van der Waals surface area contributed by atoms with E-state index in [2.05, 4.69) is 33.5 Å². The lowest BCUT2D eigenvalue weighted by Gasteiger charge is -2.09. The fraction of sp³-hybridized carbons (Fsp3) is 0.0357. The second kappa shape index (κ2) is 10.1. The molecule has 1 aromatic heterocycles. The molecule has 5 aromatic rings. The van der Waals surface area contributed by atoms with E-state index in [0.29, 0.717) is 17.2 Å². The summed E-state index contributed by atoms with van der Waals surface area (Å²) < 4.78 is 7.94. The maximum absolute atomic E-state index is 5.87. The zero-order valence-electron chi connectivity index (χ0n) is 18.3. The fourth-order valence-electron chi connectivity index (χ4n) is 3.64. The molecule has 0 spiro atoms. The first-order chi connectivity index (χ1) is 16.8. The first-order valence-electron chi connectivity index (χ1n) is 10.9. The molecule has 0 bridgehead atoms. The van der Waals surface area contributed by atoms with Gasteiger partial charge in [0.15, 0.2) is 5.82 Å². The third-order valence-electron chi connectivity index (χ3n) is 5.35. The number of nitrogens with one attached hydrogen (secondary N) is 1. The predicted molar refractivity (Wildman–Crippen MR) is 138 cm³/mol. The average molecular weight is 463 g/mol. The van der Waals surface area contributed by atoms with Gasteiger partial charge in [-0.15, -0.1) is 0 Å². The van der Waals surface area contributed by atoms with Gasteiger partial charge in [0.25, 0.3) is 0 Å². The normalized spacial score (nSPS) is 11.1. The van der Waals surface area contributed by atoms with Gasteiger partial charge in [-0.2, -0.15) is 14.9 Å². The van der Waals surface area contributed by atoms with Gasteiger partial charge >= 0.3 is 0 Å². The van der Waals surface area contributed by atoms with Gasteiger partial charge in [-0.1, -0.05) is 84.9 Å². The minimum Gasteiger partial charge on any atom is -0.489 e. The highest BCUT2D eigenvalue weighted by molar-refractivity contribution is 7.71. The SMILES string of the molecule is S=c1[nH]nc(-c2ccccc2-c2ccccc2)n1/N=C/c1ccc(OCc2ccccc2)cc1. The number of aromatic amines is 1. The van der Waals surface area contributed by atoms with Crippen LogP contribution in [0.5, 0.6) is 5.75 Å². The Bertz CT molecular complexity index is 1460. The Kier molecular flexibility index (Phi) is 6.40. The maximum Gasteiger partial charge on any atom is 0.216 e. The Morgan fingerprint density at radius 2 is 1.44 bits per heavy atom. The third kappa shape index (κ3) is 4.87. The van der Waals surface area contributed by atoms with Crippen LogP contribution >= 0.6 is 12.2 Å². The summed E-state index contributed by atoms with van der Waals surface area (Å²) in [5.41, 5.74) is 5.17. The van der Waals surface area contributed by atoms with Crippen LogP contribution in [-0.4, -0.2) is 21.1 Å². The monoisotopic (exact) mass is 462 g/mol. The molecule has 5 rings (SSSR count). The minimum atomic E-state index is 0.428.